The smallest absolute Gasteiger partial charge is 0.422 e. The van der Waals surface area contributed by atoms with Crippen LogP contribution in [-0.4, -0.2) is 23.8 Å². The number of nitrogens with one attached hydrogen (secondary N) is 1. The molecular formula is C23H14Cl2F4N2O4. The van der Waals surface area contributed by atoms with E-state index >= 15 is 0 Å². The van der Waals surface area contributed by atoms with Crippen molar-refractivity contribution in [3.63, 3.8) is 0 Å². The Hall–Kier alpha value is -3.11. The van der Waals surface area contributed by atoms with Crippen molar-refractivity contribution in [2.24, 2.45) is 5.16 Å². The van der Waals surface area contributed by atoms with Crippen molar-refractivity contribution in [1.82, 2.24) is 5.32 Å². The van der Waals surface area contributed by atoms with E-state index in [-0.39, 0.29) is 33.8 Å². The second kappa shape index (κ2) is 8.23. The summed E-state index contributed by atoms with van der Waals surface area (Å²) in [5.74, 6) is -1.53. The van der Waals surface area contributed by atoms with Gasteiger partial charge in [-0.1, -0.05) is 34.4 Å². The lowest BCUT2D eigenvalue weighted by Crippen LogP contribution is -2.42. The van der Waals surface area contributed by atoms with Crippen molar-refractivity contribution < 1.29 is 31.6 Å². The minimum Gasteiger partial charge on any atom is -0.422 e. The largest absolute Gasteiger partial charge is 0.435 e. The quantitative estimate of drug-likeness (QED) is 0.267. The average Bonchev–Trinajstić information content (AvgIpc) is 3.48. The molecule has 0 bridgehead atoms. The van der Waals surface area contributed by atoms with Gasteiger partial charge in [-0.3, -0.25) is 4.79 Å². The second-order valence-electron chi connectivity index (χ2n) is 8.29. The summed E-state index contributed by atoms with van der Waals surface area (Å²) in [4.78, 5) is 29.5. The molecule has 35 heavy (non-hydrogen) atoms. The highest BCUT2D eigenvalue weighted by Gasteiger charge is 2.62. The summed E-state index contributed by atoms with van der Waals surface area (Å²) < 4.78 is 62.1. The van der Waals surface area contributed by atoms with Gasteiger partial charge in [0.2, 0.25) is 0 Å². The van der Waals surface area contributed by atoms with Gasteiger partial charge in [0.25, 0.3) is 11.5 Å². The van der Waals surface area contributed by atoms with Crippen molar-refractivity contribution in [2.75, 3.05) is 0 Å². The molecule has 5 rings (SSSR count). The van der Waals surface area contributed by atoms with Crippen LogP contribution in [-0.2, 0) is 10.4 Å². The zero-order valence-corrected chi connectivity index (χ0v) is 19.0. The Morgan fingerprint density at radius 1 is 1.11 bits per heavy atom. The summed E-state index contributed by atoms with van der Waals surface area (Å²) in [5.41, 5.74) is -4.26. The van der Waals surface area contributed by atoms with Crippen LogP contribution >= 0.6 is 23.2 Å². The summed E-state index contributed by atoms with van der Waals surface area (Å²) in [7, 11) is 0. The number of amides is 1. The van der Waals surface area contributed by atoms with Crippen LogP contribution in [0.25, 0.3) is 11.0 Å². The number of alkyl halides is 3. The number of benzene rings is 2. The fourth-order valence-corrected chi connectivity index (χ4v) is 4.41. The minimum absolute atomic E-state index is 0.0297. The molecule has 2 aromatic carbocycles. The first-order chi connectivity index (χ1) is 16.5. The molecule has 1 atom stereocenters. The van der Waals surface area contributed by atoms with E-state index in [1.165, 1.54) is 18.2 Å². The van der Waals surface area contributed by atoms with Crippen LogP contribution in [0.2, 0.25) is 10.0 Å². The third-order valence-electron chi connectivity index (χ3n) is 5.89. The van der Waals surface area contributed by atoms with Gasteiger partial charge < -0.3 is 14.6 Å². The number of hydrogen-bond acceptors (Lipinski definition) is 5. The van der Waals surface area contributed by atoms with E-state index in [9.17, 15) is 27.2 Å². The van der Waals surface area contributed by atoms with Gasteiger partial charge in [0.05, 0.1) is 21.3 Å². The lowest BCUT2D eigenvalue weighted by atomic mass is 9.85. The highest BCUT2D eigenvalue weighted by atomic mass is 35.5. The first-order valence-electron chi connectivity index (χ1n) is 10.3. The number of carbonyl (C=O) groups is 1. The lowest BCUT2D eigenvalue weighted by molar-refractivity contribution is -0.275. The van der Waals surface area contributed by atoms with Gasteiger partial charge >= 0.3 is 11.8 Å². The van der Waals surface area contributed by atoms with Crippen molar-refractivity contribution in [2.45, 2.75) is 37.1 Å². The van der Waals surface area contributed by atoms with Crippen molar-refractivity contribution in [3.05, 3.63) is 79.4 Å². The van der Waals surface area contributed by atoms with Gasteiger partial charge in [-0.25, -0.2) is 9.18 Å². The number of oxime groups is 1. The molecule has 0 saturated heterocycles. The molecule has 1 fully saturated rings. The third kappa shape index (κ3) is 4.04. The van der Waals surface area contributed by atoms with Crippen LogP contribution in [0, 0.1) is 5.82 Å². The van der Waals surface area contributed by atoms with Crippen molar-refractivity contribution in [1.29, 1.82) is 0 Å². The van der Waals surface area contributed by atoms with Gasteiger partial charge in [0.1, 0.15) is 0 Å². The monoisotopic (exact) mass is 528 g/mol. The molecule has 1 amide bonds. The topological polar surface area (TPSA) is 80.9 Å². The Morgan fingerprint density at radius 2 is 1.80 bits per heavy atom. The summed E-state index contributed by atoms with van der Waals surface area (Å²) in [5, 5.41) is 5.45. The predicted molar refractivity (Wildman–Crippen MR) is 119 cm³/mol. The highest BCUT2D eigenvalue weighted by molar-refractivity contribution is 6.35. The average molecular weight is 529 g/mol. The first kappa shape index (κ1) is 23.6. The van der Waals surface area contributed by atoms with Crippen LogP contribution in [0.4, 0.5) is 17.6 Å². The number of nitrogens with zero attached hydrogens (tertiary/aromatic N) is 1. The maximum Gasteiger partial charge on any atom is 0.435 e. The summed E-state index contributed by atoms with van der Waals surface area (Å²) in [6, 6.07) is 6.78. The zero-order valence-electron chi connectivity index (χ0n) is 17.5. The molecule has 1 saturated carbocycles. The number of carbonyl (C=O) groups excluding carboxylic acids is 1. The van der Waals surface area contributed by atoms with Crippen LogP contribution in [0.1, 0.15) is 40.7 Å². The Labute approximate surface area is 204 Å². The van der Waals surface area contributed by atoms with Crippen molar-refractivity contribution >= 4 is 45.8 Å². The van der Waals surface area contributed by atoms with Gasteiger partial charge in [-0.05, 0) is 37.1 Å². The molecule has 0 unspecified atom stereocenters. The van der Waals surface area contributed by atoms with Gasteiger partial charge in [0.15, 0.2) is 11.4 Å². The SMILES string of the molecule is O=C(NC1CC1)c1ccc(C2=NO[C@](c3cc(Cl)c(F)c(Cl)c3)(C(F)(F)F)C2)c2ccc(=O)oc12. The van der Waals surface area contributed by atoms with E-state index in [2.05, 4.69) is 10.5 Å². The molecule has 12 heteroatoms. The lowest BCUT2D eigenvalue weighted by Gasteiger charge is -2.29. The van der Waals surface area contributed by atoms with E-state index < -0.39 is 51.2 Å². The van der Waals surface area contributed by atoms with Crippen LogP contribution in [0.5, 0.6) is 0 Å². The molecule has 182 valence electrons. The summed E-state index contributed by atoms with van der Waals surface area (Å²) >= 11 is 11.5. The number of hydrogen-bond donors (Lipinski definition) is 1. The maximum atomic E-state index is 14.3. The number of rotatable bonds is 4. The molecule has 2 heterocycles. The molecule has 1 aliphatic carbocycles. The molecule has 6 nitrogen and oxygen atoms in total. The molecule has 0 spiro atoms. The van der Waals surface area contributed by atoms with Crippen LogP contribution in [0.15, 0.2) is 50.8 Å². The van der Waals surface area contributed by atoms with E-state index in [0.29, 0.717) is 0 Å². The van der Waals surface area contributed by atoms with E-state index in [4.69, 9.17) is 32.5 Å². The summed E-state index contributed by atoms with van der Waals surface area (Å²) in [6.07, 6.45) is -4.14. The number of halogens is 6. The Bertz CT molecular complexity index is 1440. The fraction of sp³-hybridized carbons (Fsp3) is 0.261. The fourth-order valence-electron chi connectivity index (χ4n) is 3.92. The zero-order chi connectivity index (χ0) is 25.1. The Kier molecular flexibility index (Phi) is 5.56. The van der Waals surface area contributed by atoms with Gasteiger partial charge in [0, 0.05) is 35.0 Å². The number of fused-ring (bicyclic) bond motifs is 1. The summed E-state index contributed by atoms with van der Waals surface area (Å²) in [6.45, 7) is 0. The van der Waals surface area contributed by atoms with Crippen LogP contribution < -0.4 is 10.9 Å². The minimum atomic E-state index is -4.99. The van der Waals surface area contributed by atoms with Crippen molar-refractivity contribution in [3.8, 4) is 0 Å². The molecule has 0 radical (unpaired) electrons. The first-order valence-corrected chi connectivity index (χ1v) is 11.1. The predicted octanol–water partition coefficient (Wildman–Crippen LogP) is 5.71. The third-order valence-corrected chi connectivity index (χ3v) is 6.44. The maximum absolute atomic E-state index is 14.3. The molecule has 1 aliphatic heterocycles. The molecule has 3 aromatic rings. The molecule has 2 aliphatic rings. The van der Waals surface area contributed by atoms with E-state index in [1.54, 1.807) is 0 Å². The van der Waals surface area contributed by atoms with E-state index in [1.807, 2.05) is 0 Å². The molecular weight excluding hydrogens is 515 g/mol. The second-order valence-corrected chi connectivity index (χ2v) is 9.10. The Morgan fingerprint density at radius 3 is 2.43 bits per heavy atom. The van der Waals surface area contributed by atoms with Crippen LogP contribution in [0.3, 0.4) is 0 Å². The normalized spacial score (nSPS) is 20.0. The van der Waals surface area contributed by atoms with E-state index in [0.717, 1.165) is 31.0 Å². The molecule has 1 aromatic heterocycles. The van der Waals surface area contributed by atoms with Gasteiger partial charge in [-0.15, -0.1) is 0 Å². The van der Waals surface area contributed by atoms with Gasteiger partial charge in [-0.2, -0.15) is 13.2 Å². The highest BCUT2D eigenvalue weighted by Crippen LogP contribution is 2.50. The molecule has 1 N–H and O–H groups in total. The standard InChI is InChI=1S/C23H14Cl2F4N2O4/c24-15-7-10(8-16(25)19(15)26)22(23(27,28)29)9-17(31-35-22)12-3-4-14(21(33)30-11-1-2-11)20-13(12)5-6-18(32)34-20/h3-8,11H,1-2,9H2,(H,30,33)/t22-/m1/s1. The Balaban J connectivity index is 1.60.